The van der Waals surface area contributed by atoms with Gasteiger partial charge in [-0.25, -0.2) is 5.01 Å². The van der Waals surface area contributed by atoms with Crippen LogP contribution in [0, 0.1) is 18.6 Å². The third-order valence-electron chi connectivity index (χ3n) is 4.68. The molecule has 1 aromatic heterocycles. The Balaban J connectivity index is 1.70. The fraction of sp³-hybridized carbons (Fsp3) is 0.421. The lowest BCUT2D eigenvalue weighted by Gasteiger charge is -2.24. The molecular formula is C19H24N6O2S. The van der Waals surface area contributed by atoms with E-state index in [0.717, 1.165) is 23.5 Å². The molecule has 8 nitrogen and oxygen atoms in total. The fourth-order valence-corrected chi connectivity index (χ4v) is 3.39. The number of nitrogens with zero attached hydrogens (tertiary/aromatic N) is 4. The Kier molecular flexibility index (Phi) is 6.03. The molecule has 148 valence electrons. The van der Waals surface area contributed by atoms with Crippen LogP contribution in [0.25, 0.3) is 0 Å². The highest BCUT2D eigenvalue weighted by Gasteiger charge is 2.26. The van der Waals surface area contributed by atoms with Gasteiger partial charge in [0.1, 0.15) is 11.5 Å². The van der Waals surface area contributed by atoms with Crippen molar-refractivity contribution in [1.29, 1.82) is 0 Å². The van der Waals surface area contributed by atoms with E-state index in [9.17, 15) is 9.59 Å². The van der Waals surface area contributed by atoms with Crippen molar-refractivity contribution in [2.75, 3.05) is 11.6 Å². The Morgan fingerprint density at radius 1 is 1.32 bits per heavy atom. The number of hydrogen-bond acceptors (Lipinski definition) is 5. The summed E-state index contributed by atoms with van der Waals surface area (Å²) in [4.78, 5) is 24.9. The molecule has 2 aromatic rings. The summed E-state index contributed by atoms with van der Waals surface area (Å²) in [6.45, 7) is 7.00. The number of aryl methyl sites for hydroxylation is 2. The van der Waals surface area contributed by atoms with Crippen molar-refractivity contribution >= 4 is 35.4 Å². The lowest BCUT2D eigenvalue weighted by Crippen LogP contribution is -2.40. The van der Waals surface area contributed by atoms with Crippen molar-refractivity contribution in [3.8, 4) is 0 Å². The van der Waals surface area contributed by atoms with Gasteiger partial charge in [0.05, 0.1) is 5.69 Å². The molecule has 0 atom stereocenters. The van der Waals surface area contributed by atoms with Gasteiger partial charge in [0.2, 0.25) is 5.91 Å². The van der Waals surface area contributed by atoms with Gasteiger partial charge in [0.25, 0.3) is 5.91 Å². The van der Waals surface area contributed by atoms with Gasteiger partial charge in [0, 0.05) is 32.4 Å². The third-order valence-corrected chi connectivity index (χ3v) is 4.99. The van der Waals surface area contributed by atoms with Crippen LogP contribution in [-0.2, 0) is 22.6 Å². The van der Waals surface area contributed by atoms with E-state index < -0.39 is 0 Å². The van der Waals surface area contributed by atoms with Gasteiger partial charge in [-0.1, -0.05) is 12.1 Å². The van der Waals surface area contributed by atoms with Crippen LogP contribution in [0.15, 0.2) is 23.3 Å². The van der Waals surface area contributed by atoms with Gasteiger partial charge in [0.15, 0.2) is 4.77 Å². The van der Waals surface area contributed by atoms with Gasteiger partial charge in [-0.15, -0.1) is 0 Å². The van der Waals surface area contributed by atoms with Gasteiger partial charge >= 0.3 is 0 Å². The van der Waals surface area contributed by atoms with E-state index in [2.05, 4.69) is 20.6 Å². The van der Waals surface area contributed by atoms with E-state index in [0.29, 0.717) is 35.6 Å². The standard InChI is InChI=1S/C19H24N6O2S/c1-4-24-16(21-22-19(24)28)9-10-20-18(27)14-7-8-17(26)25(23-14)15-11-12(2)5-6-13(15)3/h5-6,11H,4,7-10H2,1-3H3,(H,20,27)(H,22,28). The average molecular weight is 401 g/mol. The van der Waals surface area contributed by atoms with E-state index in [4.69, 9.17) is 12.2 Å². The van der Waals surface area contributed by atoms with Crippen LogP contribution in [0.3, 0.4) is 0 Å². The van der Waals surface area contributed by atoms with E-state index in [1.54, 1.807) is 0 Å². The van der Waals surface area contributed by atoms with Crippen molar-refractivity contribution in [3.05, 3.63) is 39.9 Å². The Morgan fingerprint density at radius 3 is 2.86 bits per heavy atom. The predicted molar refractivity (Wildman–Crippen MR) is 110 cm³/mol. The molecule has 0 fully saturated rings. The van der Waals surface area contributed by atoms with E-state index in [1.165, 1.54) is 5.01 Å². The van der Waals surface area contributed by atoms with Crippen LogP contribution in [0.1, 0.15) is 36.7 Å². The molecule has 0 aliphatic carbocycles. The van der Waals surface area contributed by atoms with Crippen LogP contribution in [0.4, 0.5) is 5.69 Å². The molecular weight excluding hydrogens is 376 g/mol. The first-order chi connectivity index (χ1) is 13.4. The highest BCUT2D eigenvalue weighted by atomic mass is 32.1. The molecule has 1 aliphatic rings. The summed E-state index contributed by atoms with van der Waals surface area (Å²) in [7, 11) is 0. The maximum atomic E-state index is 12.5. The van der Waals surface area contributed by atoms with Crippen LogP contribution in [-0.4, -0.2) is 38.8 Å². The smallest absolute Gasteiger partial charge is 0.267 e. The topological polar surface area (TPSA) is 95.4 Å². The molecule has 0 radical (unpaired) electrons. The number of amides is 2. The molecule has 1 aliphatic heterocycles. The SMILES string of the molecule is CCn1c(CCNC(=O)C2=NN(c3cc(C)ccc3C)C(=O)CC2)n[nH]c1=S. The Hall–Kier alpha value is -2.81. The number of nitrogens with one attached hydrogen (secondary N) is 2. The number of aromatic amines is 1. The summed E-state index contributed by atoms with van der Waals surface area (Å²) in [6.07, 6.45) is 1.15. The third kappa shape index (κ3) is 4.19. The fourth-order valence-electron chi connectivity index (χ4n) is 3.11. The second kappa shape index (κ2) is 8.47. The molecule has 3 rings (SSSR count). The summed E-state index contributed by atoms with van der Waals surface area (Å²) in [5.41, 5.74) is 3.04. The van der Waals surface area contributed by atoms with Crippen LogP contribution >= 0.6 is 12.2 Å². The number of carbonyl (C=O) groups is 2. The maximum Gasteiger partial charge on any atom is 0.267 e. The molecule has 2 N–H and O–H groups in total. The first-order valence-electron chi connectivity index (χ1n) is 9.30. The number of aromatic nitrogens is 3. The lowest BCUT2D eigenvalue weighted by atomic mass is 10.1. The monoisotopic (exact) mass is 400 g/mol. The Morgan fingerprint density at radius 2 is 2.11 bits per heavy atom. The predicted octanol–water partition coefficient (Wildman–Crippen LogP) is 2.42. The molecule has 1 aromatic carbocycles. The number of rotatable bonds is 6. The minimum atomic E-state index is -0.264. The number of anilines is 1. The Labute approximate surface area is 168 Å². The molecule has 0 unspecified atom stereocenters. The van der Waals surface area contributed by atoms with Gasteiger partial charge in [-0.05, 0) is 50.2 Å². The number of hydrogen-bond donors (Lipinski definition) is 2. The lowest BCUT2D eigenvalue weighted by molar-refractivity contribution is -0.118. The largest absolute Gasteiger partial charge is 0.350 e. The van der Waals surface area contributed by atoms with E-state index in [1.807, 2.05) is 43.5 Å². The molecule has 0 spiro atoms. The molecule has 28 heavy (non-hydrogen) atoms. The number of carbonyl (C=O) groups excluding carboxylic acids is 2. The second-order valence-electron chi connectivity index (χ2n) is 6.74. The molecule has 2 amide bonds. The van der Waals surface area contributed by atoms with Crippen molar-refractivity contribution in [2.24, 2.45) is 5.10 Å². The molecule has 0 bridgehead atoms. The molecule has 0 saturated carbocycles. The van der Waals surface area contributed by atoms with Crippen LogP contribution in [0.2, 0.25) is 0 Å². The zero-order chi connectivity index (χ0) is 20.3. The van der Waals surface area contributed by atoms with E-state index in [-0.39, 0.29) is 18.2 Å². The van der Waals surface area contributed by atoms with Crippen LogP contribution in [0.5, 0.6) is 0 Å². The zero-order valence-corrected chi connectivity index (χ0v) is 17.1. The quantitative estimate of drug-likeness (QED) is 0.728. The Bertz CT molecular complexity index is 991. The highest BCUT2D eigenvalue weighted by Crippen LogP contribution is 2.25. The average Bonchev–Trinajstić information content (AvgIpc) is 3.03. The minimum Gasteiger partial charge on any atom is -0.350 e. The number of benzene rings is 1. The van der Waals surface area contributed by atoms with Crippen molar-refractivity contribution < 1.29 is 9.59 Å². The first kappa shape index (κ1) is 19.9. The number of hydrazone groups is 1. The molecule has 2 heterocycles. The van der Waals surface area contributed by atoms with Crippen molar-refractivity contribution in [1.82, 2.24) is 20.1 Å². The zero-order valence-electron chi connectivity index (χ0n) is 16.3. The molecule has 0 saturated heterocycles. The number of H-pyrrole nitrogens is 1. The van der Waals surface area contributed by atoms with Gasteiger partial charge < -0.3 is 9.88 Å². The highest BCUT2D eigenvalue weighted by molar-refractivity contribution is 7.71. The van der Waals surface area contributed by atoms with Gasteiger partial charge in [-0.3, -0.25) is 14.7 Å². The summed E-state index contributed by atoms with van der Waals surface area (Å²) < 4.78 is 2.46. The maximum absolute atomic E-state index is 12.5. The summed E-state index contributed by atoms with van der Waals surface area (Å²) >= 11 is 5.17. The van der Waals surface area contributed by atoms with Gasteiger partial charge in [-0.2, -0.15) is 10.2 Å². The summed E-state index contributed by atoms with van der Waals surface area (Å²) in [5, 5.41) is 15.5. The summed E-state index contributed by atoms with van der Waals surface area (Å²) in [6, 6.07) is 5.84. The second-order valence-corrected chi connectivity index (χ2v) is 7.12. The van der Waals surface area contributed by atoms with Crippen LogP contribution < -0.4 is 10.3 Å². The van der Waals surface area contributed by atoms with E-state index >= 15 is 0 Å². The first-order valence-corrected chi connectivity index (χ1v) is 9.71. The summed E-state index contributed by atoms with van der Waals surface area (Å²) in [5.74, 6) is 0.425. The van der Waals surface area contributed by atoms with Crippen molar-refractivity contribution in [3.63, 3.8) is 0 Å². The molecule has 9 heteroatoms. The van der Waals surface area contributed by atoms with Crippen molar-refractivity contribution in [2.45, 2.75) is 46.6 Å². The minimum absolute atomic E-state index is 0.108. The normalized spacial score (nSPS) is 14.2.